The van der Waals surface area contributed by atoms with Crippen LogP contribution in [0.2, 0.25) is 0 Å². The molecule has 1 heterocycles. The lowest BCUT2D eigenvalue weighted by Crippen LogP contribution is -2.53. The molecule has 4 bridgehead atoms. The zero-order valence-electron chi connectivity index (χ0n) is 12.9. The van der Waals surface area contributed by atoms with Crippen molar-refractivity contribution in [2.75, 3.05) is 0 Å². The first-order valence-corrected chi connectivity index (χ1v) is 8.87. The predicted octanol–water partition coefficient (Wildman–Crippen LogP) is 4.92. The maximum Gasteiger partial charge on any atom is 0.422 e. The number of benzene rings is 1. The molecule has 0 radical (unpaired) electrons. The first-order chi connectivity index (χ1) is 11.1. The monoisotopic (exact) mass is 329 g/mol. The summed E-state index contributed by atoms with van der Waals surface area (Å²) in [5.41, 5.74) is 1.05. The highest BCUT2D eigenvalue weighted by atomic mass is 32.1. The maximum absolute atomic E-state index is 12.8. The van der Waals surface area contributed by atoms with E-state index >= 15 is 0 Å². The fourth-order valence-electron chi connectivity index (χ4n) is 5.53. The molecule has 1 aromatic heterocycles. The molecule has 0 saturated heterocycles. The van der Waals surface area contributed by atoms with E-state index < -0.39 is 0 Å². The fourth-order valence-corrected chi connectivity index (χ4v) is 5.79. The number of para-hydroxylation sites is 2. The number of aromatic nitrogens is 1. The third-order valence-electron chi connectivity index (χ3n) is 5.95. The van der Waals surface area contributed by atoms with Gasteiger partial charge in [-0.05, 0) is 80.6 Å². The standard InChI is InChI=1S/C18H19NO3S/c20-16(19-14-3-1-2-4-15(14)21-17(19)23)22-18-8-11-5-12(9-18)7-13(6-11)10-18/h1-4,11-13H,5-10H2. The van der Waals surface area contributed by atoms with Gasteiger partial charge in [-0.15, -0.1) is 0 Å². The molecule has 0 aliphatic heterocycles. The van der Waals surface area contributed by atoms with Gasteiger partial charge in [-0.1, -0.05) is 12.1 Å². The quantitative estimate of drug-likeness (QED) is 0.697. The second-order valence-electron chi connectivity index (χ2n) is 7.64. The number of ether oxygens (including phenoxy) is 1. The molecule has 4 fully saturated rings. The van der Waals surface area contributed by atoms with Crippen LogP contribution in [-0.2, 0) is 4.74 Å². The summed E-state index contributed by atoms with van der Waals surface area (Å²) in [6.07, 6.45) is 6.66. The van der Waals surface area contributed by atoms with Gasteiger partial charge in [0.2, 0.25) is 0 Å². The van der Waals surface area contributed by atoms with E-state index in [1.807, 2.05) is 24.3 Å². The number of nitrogens with zero attached hydrogens (tertiary/aromatic N) is 1. The van der Waals surface area contributed by atoms with Crippen LogP contribution >= 0.6 is 12.2 Å². The highest BCUT2D eigenvalue weighted by molar-refractivity contribution is 7.71. The van der Waals surface area contributed by atoms with Gasteiger partial charge in [0.1, 0.15) is 5.60 Å². The van der Waals surface area contributed by atoms with Gasteiger partial charge < -0.3 is 9.15 Å². The van der Waals surface area contributed by atoms with E-state index in [0.29, 0.717) is 11.1 Å². The number of hydrogen-bond donors (Lipinski definition) is 0. The van der Waals surface area contributed by atoms with Gasteiger partial charge in [-0.2, -0.15) is 0 Å². The Balaban J connectivity index is 1.49. The molecule has 0 amide bonds. The Hall–Kier alpha value is -1.62. The van der Waals surface area contributed by atoms with Crippen LogP contribution in [0.1, 0.15) is 38.5 Å². The number of carbonyl (C=O) groups excluding carboxylic acids is 1. The number of carbonyl (C=O) groups is 1. The lowest BCUT2D eigenvalue weighted by molar-refractivity contribution is -0.127. The molecule has 0 N–H and O–H groups in total. The predicted molar refractivity (Wildman–Crippen MR) is 87.8 cm³/mol. The van der Waals surface area contributed by atoms with E-state index in [0.717, 1.165) is 37.0 Å². The van der Waals surface area contributed by atoms with Crippen LogP contribution in [0.5, 0.6) is 0 Å². The first kappa shape index (κ1) is 13.8. The molecule has 0 spiro atoms. The molecular formula is C18H19NO3S. The molecule has 120 valence electrons. The Kier molecular flexibility index (Phi) is 2.81. The molecule has 23 heavy (non-hydrogen) atoms. The van der Waals surface area contributed by atoms with Crippen molar-refractivity contribution in [1.82, 2.24) is 4.57 Å². The molecule has 6 rings (SSSR count). The summed E-state index contributed by atoms with van der Waals surface area (Å²) in [5.74, 6) is 2.22. The van der Waals surface area contributed by atoms with Crippen LogP contribution < -0.4 is 0 Å². The normalized spacial score (nSPS) is 34.9. The molecule has 4 saturated carbocycles. The Morgan fingerprint density at radius 2 is 1.74 bits per heavy atom. The highest BCUT2D eigenvalue weighted by Gasteiger charge is 2.53. The number of oxazole rings is 1. The summed E-state index contributed by atoms with van der Waals surface area (Å²) in [4.78, 5) is 13.0. The van der Waals surface area contributed by atoms with Crippen molar-refractivity contribution in [2.24, 2.45) is 17.8 Å². The van der Waals surface area contributed by atoms with Gasteiger partial charge in [0.15, 0.2) is 5.58 Å². The van der Waals surface area contributed by atoms with Crippen LogP contribution in [-0.4, -0.2) is 16.3 Å². The third-order valence-corrected chi connectivity index (χ3v) is 6.22. The summed E-state index contributed by atoms with van der Waals surface area (Å²) in [7, 11) is 0. The molecule has 0 atom stereocenters. The minimum absolute atomic E-state index is 0.168. The Morgan fingerprint density at radius 3 is 2.39 bits per heavy atom. The second kappa shape index (κ2) is 4.69. The van der Waals surface area contributed by atoms with Gasteiger partial charge in [-0.25, -0.2) is 9.36 Å². The lowest BCUT2D eigenvalue weighted by Gasteiger charge is -2.55. The van der Waals surface area contributed by atoms with Crippen LogP contribution in [0.3, 0.4) is 0 Å². The van der Waals surface area contributed by atoms with Crippen molar-refractivity contribution in [3.63, 3.8) is 0 Å². The first-order valence-electron chi connectivity index (χ1n) is 8.46. The molecule has 1 aromatic carbocycles. The number of hydrogen-bond acceptors (Lipinski definition) is 4. The Labute approximate surface area is 139 Å². The molecular weight excluding hydrogens is 310 g/mol. The van der Waals surface area contributed by atoms with Crippen molar-refractivity contribution < 1.29 is 13.9 Å². The highest BCUT2D eigenvalue weighted by Crippen LogP contribution is 2.57. The van der Waals surface area contributed by atoms with Gasteiger partial charge in [0.25, 0.3) is 4.84 Å². The summed E-state index contributed by atoms with van der Waals surface area (Å²) >= 11 is 5.23. The van der Waals surface area contributed by atoms with Gasteiger partial charge >= 0.3 is 6.09 Å². The minimum atomic E-state index is -0.373. The third kappa shape index (κ3) is 2.09. The van der Waals surface area contributed by atoms with E-state index in [-0.39, 0.29) is 16.5 Å². The van der Waals surface area contributed by atoms with Crippen LogP contribution in [0, 0.1) is 22.6 Å². The van der Waals surface area contributed by atoms with Crippen molar-refractivity contribution in [1.29, 1.82) is 0 Å². The van der Waals surface area contributed by atoms with E-state index in [1.54, 1.807) is 0 Å². The smallest absolute Gasteiger partial charge is 0.422 e. The zero-order chi connectivity index (χ0) is 15.6. The average Bonchev–Trinajstić information content (AvgIpc) is 2.81. The molecule has 4 nitrogen and oxygen atoms in total. The molecule has 4 aliphatic rings. The molecule has 0 unspecified atom stereocenters. The van der Waals surface area contributed by atoms with Crippen molar-refractivity contribution >= 4 is 29.4 Å². The number of fused-ring (bicyclic) bond motifs is 1. The Morgan fingerprint density at radius 1 is 1.13 bits per heavy atom. The lowest BCUT2D eigenvalue weighted by atomic mass is 9.54. The van der Waals surface area contributed by atoms with E-state index in [4.69, 9.17) is 21.4 Å². The zero-order valence-corrected chi connectivity index (χ0v) is 13.7. The van der Waals surface area contributed by atoms with E-state index in [9.17, 15) is 4.79 Å². The molecule has 5 heteroatoms. The van der Waals surface area contributed by atoms with Gasteiger partial charge in [0, 0.05) is 0 Å². The summed E-state index contributed by atoms with van der Waals surface area (Å²) in [6, 6.07) is 7.41. The summed E-state index contributed by atoms with van der Waals surface area (Å²) in [5, 5.41) is 0. The van der Waals surface area contributed by atoms with Crippen LogP contribution in [0.4, 0.5) is 4.79 Å². The van der Waals surface area contributed by atoms with Crippen molar-refractivity contribution in [3.05, 3.63) is 29.1 Å². The SMILES string of the molecule is O=C(OC12CC3CC(CC(C3)C1)C2)n1c(=S)oc2ccccc21. The average molecular weight is 329 g/mol. The minimum Gasteiger partial charge on any atom is -0.442 e. The largest absolute Gasteiger partial charge is 0.442 e. The molecule has 2 aromatic rings. The second-order valence-corrected chi connectivity index (χ2v) is 7.99. The Bertz CT molecular complexity index is 814. The molecule has 4 aliphatic carbocycles. The summed E-state index contributed by atoms with van der Waals surface area (Å²) < 4.78 is 13.0. The topological polar surface area (TPSA) is 44.4 Å². The summed E-state index contributed by atoms with van der Waals surface area (Å²) in [6.45, 7) is 0. The maximum atomic E-state index is 12.8. The fraction of sp³-hybridized carbons (Fsp3) is 0.556. The van der Waals surface area contributed by atoms with Crippen LogP contribution in [0.25, 0.3) is 11.1 Å². The van der Waals surface area contributed by atoms with Gasteiger partial charge in [-0.3, -0.25) is 0 Å². The van der Waals surface area contributed by atoms with Crippen LogP contribution in [0.15, 0.2) is 28.7 Å². The van der Waals surface area contributed by atoms with Crippen molar-refractivity contribution in [3.8, 4) is 0 Å². The van der Waals surface area contributed by atoms with Gasteiger partial charge in [0.05, 0.1) is 5.52 Å². The van der Waals surface area contributed by atoms with E-state index in [1.165, 1.54) is 23.8 Å². The van der Waals surface area contributed by atoms with Crippen molar-refractivity contribution in [2.45, 2.75) is 44.1 Å². The van der Waals surface area contributed by atoms with E-state index in [2.05, 4.69) is 0 Å². The number of rotatable bonds is 1.